The van der Waals surface area contributed by atoms with Gasteiger partial charge in [0.2, 0.25) is 0 Å². The molecule has 0 aliphatic rings. The van der Waals surface area contributed by atoms with Crippen molar-refractivity contribution in [3.63, 3.8) is 0 Å². The van der Waals surface area contributed by atoms with Gasteiger partial charge in [0.25, 0.3) is 0 Å². The number of phenols is 1. The highest BCUT2D eigenvalue weighted by molar-refractivity contribution is 7.70. The van der Waals surface area contributed by atoms with Crippen molar-refractivity contribution < 1.29 is 33.8 Å². The van der Waals surface area contributed by atoms with Gasteiger partial charge in [-0.3, -0.25) is 9.13 Å². The van der Waals surface area contributed by atoms with Crippen molar-refractivity contribution in [1.82, 2.24) is 0 Å². The monoisotopic (exact) mass is 282 g/mol. The summed E-state index contributed by atoms with van der Waals surface area (Å²) in [6.07, 6.45) is -0.596. The quantitative estimate of drug-likeness (QED) is 0.510. The second-order valence-electron chi connectivity index (χ2n) is 3.49. The van der Waals surface area contributed by atoms with Gasteiger partial charge in [0.1, 0.15) is 5.75 Å². The van der Waals surface area contributed by atoms with Crippen LogP contribution < -0.4 is 0 Å². The molecular weight excluding hydrogens is 270 g/mol. The normalized spacial score (nSPS) is 13.0. The molecule has 96 valence electrons. The van der Waals surface area contributed by atoms with Crippen molar-refractivity contribution >= 4 is 15.2 Å². The predicted molar refractivity (Wildman–Crippen MR) is 59.7 cm³/mol. The van der Waals surface area contributed by atoms with E-state index in [9.17, 15) is 14.2 Å². The average Bonchev–Trinajstić information content (AvgIpc) is 2.12. The summed E-state index contributed by atoms with van der Waals surface area (Å²) in [4.78, 5) is 35.6. The van der Waals surface area contributed by atoms with E-state index in [1.54, 1.807) is 0 Å². The summed E-state index contributed by atoms with van der Waals surface area (Å²) in [6.45, 7) is 0. The van der Waals surface area contributed by atoms with E-state index in [1.165, 1.54) is 24.3 Å². The third-order valence-electron chi connectivity index (χ3n) is 2.17. The van der Waals surface area contributed by atoms with Gasteiger partial charge in [-0.05, 0) is 11.6 Å². The number of para-hydroxylation sites is 1. The van der Waals surface area contributed by atoms with E-state index in [-0.39, 0.29) is 11.3 Å². The van der Waals surface area contributed by atoms with Crippen LogP contribution in [0.2, 0.25) is 0 Å². The molecule has 0 saturated carbocycles. The lowest BCUT2D eigenvalue weighted by molar-refractivity contribution is 0.337. The summed E-state index contributed by atoms with van der Waals surface area (Å²) >= 11 is 0. The first kappa shape index (κ1) is 14.4. The van der Waals surface area contributed by atoms with Crippen LogP contribution in [0.5, 0.6) is 5.75 Å². The van der Waals surface area contributed by atoms with Crippen LogP contribution in [0.25, 0.3) is 0 Å². The highest BCUT2D eigenvalue weighted by Crippen LogP contribution is 2.61. The molecule has 0 aliphatic heterocycles. The van der Waals surface area contributed by atoms with Gasteiger partial charge in [-0.2, -0.15) is 0 Å². The van der Waals surface area contributed by atoms with Crippen molar-refractivity contribution in [3.8, 4) is 5.75 Å². The SMILES string of the molecule is O=P(O)(O)C(Cc1ccccc1O)P(=O)(O)O. The molecule has 0 atom stereocenters. The minimum Gasteiger partial charge on any atom is -0.508 e. The molecule has 7 nitrogen and oxygen atoms in total. The number of phenolic OH excluding ortho intramolecular Hbond substituents is 1. The zero-order chi connectivity index (χ0) is 13.3. The maximum absolute atomic E-state index is 11.0. The predicted octanol–water partition coefficient (Wildman–Crippen LogP) is 0.616. The summed E-state index contributed by atoms with van der Waals surface area (Å²) in [5.41, 5.74) is 0.0733. The molecule has 0 radical (unpaired) electrons. The van der Waals surface area contributed by atoms with Gasteiger partial charge in [0.15, 0.2) is 5.40 Å². The molecule has 1 aromatic rings. The highest BCUT2D eigenvalue weighted by atomic mass is 31.2. The number of hydrogen-bond acceptors (Lipinski definition) is 3. The van der Waals surface area contributed by atoms with Crippen LogP contribution in [0.4, 0.5) is 0 Å². The summed E-state index contributed by atoms with van der Waals surface area (Å²) in [5.74, 6) is -0.264. The molecule has 0 unspecified atom stereocenters. The van der Waals surface area contributed by atoms with Gasteiger partial charge >= 0.3 is 15.2 Å². The third-order valence-corrected chi connectivity index (χ3v) is 5.89. The molecule has 9 heteroatoms. The van der Waals surface area contributed by atoms with Crippen molar-refractivity contribution in [2.75, 3.05) is 0 Å². The first-order valence-electron chi connectivity index (χ1n) is 4.49. The molecule has 0 spiro atoms. The van der Waals surface area contributed by atoms with Gasteiger partial charge in [0, 0.05) is 6.42 Å². The molecule has 0 aliphatic carbocycles. The van der Waals surface area contributed by atoms with Crippen LogP contribution in [-0.4, -0.2) is 30.1 Å². The first-order valence-corrected chi connectivity index (χ1v) is 7.86. The fourth-order valence-electron chi connectivity index (χ4n) is 1.31. The van der Waals surface area contributed by atoms with Crippen LogP contribution in [0, 0.1) is 0 Å². The molecule has 0 heterocycles. The zero-order valence-corrected chi connectivity index (χ0v) is 10.3. The first-order chi connectivity index (χ1) is 7.62. The Balaban J connectivity index is 3.09. The van der Waals surface area contributed by atoms with Crippen molar-refractivity contribution in [2.45, 2.75) is 11.8 Å². The summed E-state index contributed by atoms with van der Waals surface area (Å²) in [6, 6.07) is 5.59. The Hall–Kier alpha value is -0.680. The molecule has 1 aromatic carbocycles. The average molecular weight is 282 g/mol. The van der Waals surface area contributed by atoms with E-state index in [0.717, 1.165) is 0 Å². The van der Waals surface area contributed by atoms with Gasteiger partial charge in [-0.25, -0.2) is 0 Å². The number of hydrogen-bond donors (Lipinski definition) is 5. The van der Waals surface area contributed by atoms with E-state index < -0.39 is 27.0 Å². The van der Waals surface area contributed by atoms with E-state index in [4.69, 9.17) is 19.6 Å². The van der Waals surface area contributed by atoms with Crippen molar-refractivity contribution in [2.24, 2.45) is 0 Å². The van der Waals surface area contributed by atoms with E-state index in [2.05, 4.69) is 0 Å². The van der Waals surface area contributed by atoms with Crippen LogP contribution in [0.3, 0.4) is 0 Å². The van der Waals surface area contributed by atoms with E-state index >= 15 is 0 Å². The highest BCUT2D eigenvalue weighted by Gasteiger charge is 2.43. The molecule has 0 amide bonds. The zero-order valence-electron chi connectivity index (χ0n) is 8.54. The Morgan fingerprint density at radius 2 is 1.47 bits per heavy atom. The third kappa shape index (κ3) is 3.92. The summed E-state index contributed by atoms with van der Waals surface area (Å²) in [7, 11) is -9.91. The maximum atomic E-state index is 11.0. The van der Waals surface area contributed by atoms with Crippen molar-refractivity contribution in [1.29, 1.82) is 0 Å². The van der Waals surface area contributed by atoms with E-state index in [0.29, 0.717) is 0 Å². The maximum Gasteiger partial charge on any atom is 0.341 e. The Bertz CT molecular complexity index is 466. The molecule has 0 bridgehead atoms. The molecule has 0 saturated heterocycles. The molecule has 17 heavy (non-hydrogen) atoms. The number of rotatable bonds is 4. The molecule has 5 N–H and O–H groups in total. The number of benzene rings is 1. The van der Waals surface area contributed by atoms with Gasteiger partial charge in [0.05, 0.1) is 0 Å². The summed E-state index contributed by atoms with van der Waals surface area (Å²) < 4.78 is 22.0. The lowest BCUT2D eigenvalue weighted by atomic mass is 10.1. The van der Waals surface area contributed by atoms with E-state index in [1.807, 2.05) is 0 Å². The van der Waals surface area contributed by atoms with Gasteiger partial charge in [-0.1, -0.05) is 18.2 Å². The molecule has 0 aromatic heterocycles. The second kappa shape index (κ2) is 4.90. The Morgan fingerprint density at radius 3 is 1.88 bits per heavy atom. The smallest absolute Gasteiger partial charge is 0.341 e. The molecule has 0 fully saturated rings. The van der Waals surface area contributed by atoms with Crippen LogP contribution in [0.15, 0.2) is 24.3 Å². The minimum absolute atomic E-state index is 0.0733. The Morgan fingerprint density at radius 1 is 1.00 bits per heavy atom. The van der Waals surface area contributed by atoms with Crippen LogP contribution >= 0.6 is 15.2 Å². The van der Waals surface area contributed by atoms with Gasteiger partial charge in [-0.15, -0.1) is 0 Å². The minimum atomic E-state index is -4.96. The Kier molecular flexibility index (Phi) is 4.15. The lowest BCUT2D eigenvalue weighted by Crippen LogP contribution is -2.12. The number of aromatic hydroxyl groups is 1. The van der Waals surface area contributed by atoms with Crippen LogP contribution in [0.1, 0.15) is 5.56 Å². The molecule has 1 rings (SSSR count). The fraction of sp³-hybridized carbons (Fsp3) is 0.250. The molecular formula is C8H12O7P2. The second-order valence-corrected chi connectivity index (χ2v) is 7.50. The van der Waals surface area contributed by atoms with Gasteiger partial charge < -0.3 is 24.7 Å². The fourth-order valence-corrected chi connectivity index (χ4v) is 3.75. The standard InChI is InChI=1S/C8H12O7P2/c9-7-4-2-1-3-6(7)5-8(16(10,11)12)17(13,14)15/h1-4,8-9H,5H2,(H2,10,11,12)(H2,13,14,15). The van der Waals surface area contributed by atoms with Crippen molar-refractivity contribution in [3.05, 3.63) is 29.8 Å². The summed E-state index contributed by atoms with van der Waals surface area (Å²) in [5, 5.41) is 7.25. The Labute approximate surface area is 97.1 Å². The largest absolute Gasteiger partial charge is 0.508 e. The lowest BCUT2D eigenvalue weighted by Gasteiger charge is -2.19. The van der Waals surface area contributed by atoms with Crippen LogP contribution in [-0.2, 0) is 15.6 Å². The topological polar surface area (TPSA) is 135 Å².